The summed E-state index contributed by atoms with van der Waals surface area (Å²) in [6.45, 7) is 2.26. The van der Waals surface area contributed by atoms with Gasteiger partial charge in [0.15, 0.2) is 0 Å². The van der Waals surface area contributed by atoms with E-state index in [1.807, 2.05) is 4.90 Å². The average Bonchev–Trinajstić information content (AvgIpc) is 2.98. The Morgan fingerprint density at radius 3 is 2.84 bits per heavy atom. The molecule has 0 aromatic rings. The van der Waals surface area contributed by atoms with Gasteiger partial charge in [-0.15, -0.1) is 0 Å². The van der Waals surface area contributed by atoms with Crippen LogP contribution >= 0.6 is 0 Å². The summed E-state index contributed by atoms with van der Waals surface area (Å²) < 4.78 is 5.48. The first-order chi connectivity index (χ1) is 9.19. The van der Waals surface area contributed by atoms with Crippen LogP contribution in [0.4, 0.5) is 0 Å². The molecule has 3 rings (SSSR count). The summed E-state index contributed by atoms with van der Waals surface area (Å²) >= 11 is 0. The van der Waals surface area contributed by atoms with Crippen molar-refractivity contribution < 1.29 is 14.3 Å². The molecule has 3 aliphatic rings. The predicted octanol–water partition coefficient (Wildman–Crippen LogP) is 0.827. The number of hydrogen-bond donors (Lipinski definition) is 1. The van der Waals surface area contributed by atoms with Crippen LogP contribution in [-0.2, 0) is 14.3 Å². The van der Waals surface area contributed by atoms with E-state index in [1.54, 1.807) is 0 Å². The Kier molecular flexibility index (Phi) is 3.48. The second-order valence-electron chi connectivity index (χ2n) is 6.01. The summed E-state index contributed by atoms with van der Waals surface area (Å²) in [5.74, 6) is 0.317. The molecule has 106 valence electrons. The normalized spacial score (nSPS) is 35.5. The van der Waals surface area contributed by atoms with Gasteiger partial charge in [0.05, 0.1) is 0 Å². The van der Waals surface area contributed by atoms with Crippen molar-refractivity contribution in [2.45, 2.75) is 56.6 Å². The maximum Gasteiger partial charge on any atom is 0.251 e. The maximum atomic E-state index is 12.3. The second kappa shape index (κ2) is 5.12. The Morgan fingerprint density at radius 2 is 2.16 bits per heavy atom. The molecule has 3 saturated heterocycles. The molecule has 0 bridgehead atoms. The van der Waals surface area contributed by atoms with Gasteiger partial charge in [0.1, 0.15) is 6.10 Å². The summed E-state index contributed by atoms with van der Waals surface area (Å²) in [6, 6.07) is 0. The van der Waals surface area contributed by atoms with Crippen LogP contribution in [0.3, 0.4) is 0 Å². The van der Waals surface area contributed by atoms with Crippen LogP contribution in [-0.4, -0.2) is 48.1 Å². The number of carbonyl (C=O) groups excluding carboxylic acids is 2. The smallest absolute Gasteiger partial charge is 0.251 e. The van der Waals surface area contributed by atoms with Gasteiger partial charge in [0.25, 0.3) is 5.91 Å². The van der Waals surface area contributed by atoms with Crippen molar-refractivity contribution in [3.05, 3.63) is 0 Å². The third-order valence-corrected chi connectivity index (χ3v) is 4.70. The second-order valence-corrected chi connectivity index (χ2v) is 6.01. The molecule has 0 aliphatic carbocycles. The van der Waals surface area contributed by atoms with Crippen molar-refractivity contribution in [2.75, 3.05) is 19.7 Å². The van der Waals surface area contributed by atoms with Crippen LogP contribution in [0, 0.1) is 0 Å². The highest BCUT2D eigenvalue weighted by Crippen LogP contribution is 2.31. The van der Waals surface area contributed by atoms with Crippen LogP contribution in [0.25, 0.3) is 0 Å². The van der Waals surface area contributed by atoms with E-state index in [4.69, 9.17) is 4.74 Å². The summed E-state index contributed by atoms with van der Waals surface area (Å²) in [7, 11) is 0. The van der Waals surface area contributed by atoms with Gasteiger partial charge in [-0.2, -0.15) is 0 Å². The van der Waals surface area contributed by atoms with Crippen LogP contribution in [0.15, 0.2) is 0 Å². The van der Waals surface area contributed by atoms with Gasteiger partial charge in [-0.25, -0.2) is 0 Å². The molecule has 5 heteroatoms. The summed E-state index contributed by atoms with van der Waals surface area (Å²) in [6.07, 6.45) is 6.05. The fraction of sp³-hybridized carbons (Fsp3) is 0.857. The fourth-order valence-corrected chi connectivity index (χ4v) is 3.54. The van der Waals surface area contributed by atoms with Crippen LogP contribution in [0.2, 0.25) is 0 Å². The molecule has 3 heterocycles. The van der Waals surface area contributed by atoms with Gasteiger partial charge in [0.2, 0.25) is 5.91 Å². The van der Waals surface area contributed by atoms with Crippen molar-refractivity contribution in [2.24, 2.45) is 0 Å². The van der Waals surface area contributed by atoms with Gasteiger partial charge >= 0.3 is 0 Å². The highest BCUT2D eigenvalue weighted by atomic mass is 16.5. The Hall–Kier alpha value is -1.10. The van der Waals surface area contributed by atoms with E-state index < -0.39 is 0 Å². The minimum absolute atomic E-state index is 0.0390. The molecule has 2 atom stereocenters. The van der Waals surface area contributed by atoms with Gasteiger partial charge in [-0.3, -0.25) is 9.59 Å². The largest absolute Gasteiger partial charge is 0.368 e. The third kappa shape index (κ3) is 2.61. The molecule has 0 aromatic heterocycles. The third-order valence-electron chi connectivity index (χ3n) is 4.70. The Bertz CT molecular complexity index is 379. The van der Waals surface area contributed by atoms with E-state index in [1.165, 1.54) is 0 Å². The number of likely N-dealkylation sites (tertiary alicyclic amines) is 1. The molecule has 1 N–H and O–H groups in total. The van der Waals surface area contributed by atoms with E-state index >= 15 is 0 Å². The number of nitrogens with zero attached hydrogens (tertiary/aromatic N) is 1. The zero-order valence-electron chi connectivity index (χ0n) is 11.3. The lowest BCUT2D eigenvalue weighted by Gasteiger charge is -2.28. The number of carbonyl (C=O) groups is 2. The van der Waals surface area contributed by atoms with Crippen molar-refractivity contribution in [1.82, 2.24) is 10.2 Å². The number of ether oxygens (including phenoxy) is 1. The molecular weight excluding hydrogens is 244 g/mol. The standard InChI is InChI=1S/C14H22N2O3/c17-12-4-6-14(15-12)5-2-8-16(9-7-14)13(18)11-3-1-10-19-11/h11H,1-10H2,(H,15,17)/t11-,14-/m1/s1. The predicted molar refractivity (Wildman–Crippen MR) is 69.5 cm³/mol. The molecule has 3 aliphatic heterocycles. The van der Waals surface area contributed by atoms with Gasteiger partial charge in [-0.1, -0.05) is 0 Å². The Balaban J connectivity index is 1.61. The minimum atomic E-state index is -0.216. The molecule has 0 radical (unpaired) electrons. The van der Waals surface area contributed by atoms with E-state index in [-0.39, 0.29) is 23.5 Å². The van der Waals surface area contributed by atoms with Crippen molar-refractivity contribution >= 4 is 11.8 Å². The molecule has 3 fully saturated rings. The molecular formula is C14H22N2O3. The van der Waals surface area contributed by atoms with Crippen molar-refractivity contribution in [3.63, 3.8) is 0 Å². The van der Waals surface area contributed by atoms with Gasteiger partial charge < -0.3 is 15.0 Å². The van der Waals surface area contributed by atoms with Crippen LogP contribution in [0.1, 0.15) is 44.9 Å². The van der Waals surface area contributed by atoms with E-state index in [9.17, 15) is 9.59 Å². The molecule has 19 heavy (non-hydrogen) atoms. The molecule has 1 spiro atoms. The molecule has 0 aromatic carbocycles. The summed E-state index contributed by atoms with van der Waals surface area (Å²) in [4.78, 5) is 25.7. The number of amides is 2. The average molecular weight is 266 g/mol. The number of nitrogens with one attached hydrogen (secondary N) is 1. The van der Waals surface area contributed by atoms with Crippen molar-refractivity contribution in [1.29, 1.82) is 0 Å². The first-order valence-electron chi connectivity index (χ1n) is 7.40. The molecule has 0 saturated carbocycles. The van der Waals surface area contributed by atoms with Crippen LogP contribution in [0.5, 0.6) is 0 Å². The van der Waals surface area contributed by atoms with Crippen LogP contribution < -0.4 is 5.32 Å². The van der Waals surface area contributed by atoms with E-state index in [0.717, 1.165) is 51.6 Å². The van der Waals surface area contributed by atoms with Gasteiger partial charge in [0, 0.05) is 31.7 Å². The maximum absolute atomic E-state index is 12.3. The van der Waals surface area contributed by atoms with Crippen molar-refractivity contribution in [3.8, 4) is 0 Å². The molecule has 2 amide bonds. The minimum Gasteiger partial charge on any atom is -0.368 e. The zero-order chi connectivity index (χ0) is 13.3. The number of rotatable bonds is 1. The SMILES string of the molecule is O=C1CC[C@@]2(CCCN(C(=O)[C@H]3CCCO3)CC2)N1. The molecule has 0 unspecified atom stereocenters. The lowest BCUT2D eigenvalue weighted by Crippen LogP contribution is -2.44. The van der Waals surface area contributed by atoms with E-state index in [0.29, 0.717) is 13.0 Å². The number of hydrogen-bond acceptors (Lipinski definition) is 3. The monoisotopic (exact) mass is 266 g/mol. The Morgan fingerprint density at radius 1 is 1.26 bits per heavy atom. The Labute approximate surface area is 113 Å². The lowest BCUT2D eigenvalue weighted by atomic mass is 9.89. The fourth-order valence-electron chi connectivity index (χ4n) is 3.54. The topological polar surface area (TPSA) is 58.6 Å². The van der Waals surface area contributed by atoms with Gasteiger partial charge in [-0.05, 0) is 38.5 Å². The summed E-state index contributed by atoms with van der Waals surface area (Å²) in [5, 5.41) is 3.13. The highest BCUT2D eigenvalue weighted by molar-refractivity contribution is 5.81. The first kappa shape index (κ1) is 12.9. The molecule has 5 nitrogen and oxygen atoms in total. The zero-order valence-corrected chi connectivity index (χ0v) is 11.3. The highest BCUT2D eigenvalue weighted by Gasteiger charge is 2.40. The quantitative estimate of drug-likeness (QED) is 0.764. The lowest BCUT2D eigenvalue weighted by molar-refractivity contribution is -0.140. The first-order valence-corrected chi connectivity index (χ1v) is 7.40. The van der Waals surface area contributed by atoms with E-state index in [2.05, 4.69) is 5.32 Å². The summed E-state index contributed by atoms with van der Waals surface area (Å²) in [5.41, 5.74) is -0.0390.